The number of aryl methyl sites for hydroxylation is 1. The molecule has 1 saturated carbocycles. The van der Waals surface area contributed by atoms with Gasteiger partial charge in [0.1, 0.15) is 5.82 Å². The van der Waals surface area contributed by atoms with Gasteiger partial charge in [-0.25, -0.2) is 17.5 Å². The quantitative estimate of drug-likeness (QED) is 0.869. The number of sulfonamides is 1. The Morgan fingerprint density at radius 2 is 2.00 bits per heavy atom. The standard InChI is InChI=1S/C13H17ClFNO2S/c1-10-8-11(15)4-5-12(10)19(17,18)16-13(9-14)6-2-3-7-13/h4-5,8,16H,2-3,6-7,9H2,1H3. The van der Waals surface area contributed by atoms with Crippen LogP contribution in [0.15, 0.2) is 23.1 Å². The van der Waals surface area contributed by atoms with Crippen molar-refractivity contribution in [1.29, 1.82) is 0 Å². The van der Waals surface area contributed by atoms with Crippen LogP contribution in [0.2, 0.25) is 0 Å². The predicted molar refractivity (Wildman–Crippen MR) is 73.4 cm³/mol. The molecule has 0 saturated heterocycles. The topological polar surface area (TPSA) is 46.2 Å². The van der Waals surface area contributed by atoms with Crippen LogP contribution in [0.4, 0.5) is 4.39 Å². The maximum atomic E-state index is 13.0. The van der Waals surface area contributed by atoms with Crippen molar-refractivity contribution in [2.75, 3.05) is 5.88 Å². The number of halogens is 2. The fourth-order valence-electron chi connectivity index (χ4n) is 2.57. The van der Waals surface area contributed by atoms with E-state index in [1.807, 2.05) is 0 Å². The van der Waals surface area contributed by atoms with Gasteiger partial charge < -0.3 is 0 Å². The lowest BCUT2D eigenvalue weighted by Crippen LogP contribution is -2.47. The zero-order valence-corrected chi connectivity index (χ0v) is 12.3. The molecule has 0 unspecified atom stereocenters. The molecule has 0 radical (unpaired) electrons. The van der Waals surface area contributed by atoms with E-state index in [9.17, 15) is 12.8 Å². The van der Waals surface area contributed by atoms with Crippen molar-refractivity contribution in [3.63, 3.8) is 0 Å². The van der Waals surface area contributed by atoms with Gasteiger partial charge in [0, 0.05) is 11.4 Å². The van der Waals surface area contributed by atoms with Gasteiger partial charge in [0.2, 0.25) is 10.0 Å². The van der Waals surface area contributed by atoms with Crippen molar-refractivity contribution in [1.82, 2.24) is 4.72 Å². The molecule has 0 atom stereocenters. The second kappa shape index (κ2) is 5.38. The fourth-order valence-corrected chi connectivity index (χ4v) is 4.67. The molecule has 0 heterocycles. The van der Waals surface area contributed by atoms with E-state index in [1.54, 1.807) is 6.92 Å². The number of rotatable bonds is 4. The molecule has 1 aliphatic rings. The highest BCUT2D eigenvalue weighted by Gasteiger charge is 2.37. The zero-order chi connectivity index (χ0) is 14.1. The number of hydrogen-bond acceptors (Lipinski definition) is 2. The molecular formula is C13H17ClFNO2S. The van der Waals surface area contributed by atoms with Crippen molar-refractivity contribution in [3.05, 3.63) is 29.6 Å². The van der Waals surface area contributed by atoms with E-state index >= 15 is 0 Å². The molecule has 3 nitrogen and oxygen atoms in total. The Bertz CT molecular complexity index is 568. The van der Waals surface area contributed by atoms with Crippen LogP contribution in [0, 0.1) is 12.7 Å². The first-order valence-corrected chi connectivity index (χ1v) is 8.26. The molecule has 1 aliphatic carbocycles. The molecule has 0 spiro atoms. The summed E-state index contributed by atoms with van der Waals surface area (Å²) in [6.07, 6.45) is 3.43. The van der Waals surface area contributed by atoms with Gasteiger partial charge in [-0.1, -0.05) is 12.8 Å². The summed E-state index contributed by atoms with van der Waals surface area (Å²) in [7, 11) is -3.66. The van der Waals surface area contributed by atoms with Crippen LogP contribution >= 0.6 is 11.6 Å². The summed E-state index contributed by atoms with van der Waals surface area (Å²) in [6, 6.07) is 3.67. The van der Waals surface area contributed by atoms with Crippen molar-refractivity contribution in [2.24, 2.45) is 0 Å². The van der Waals surface area contributed by atoms with Gasteiger partial charge in [0.05, 0.1) is 4.90 Å². The highest BCUT2D eigenvalue weighted by Crippen LogP contribution is 2.32. The molecule has 1 aromatic carbocycles. The minimum Gasteiger partial charge on any atom is -0.207 e. The summed E-state index contributed by atoms with van der Waals surface area (Å²) >= 11 is 5.94. The van der Waals surface area contributed by atoms with Gasteiger partial charge >= 0.3 is 0 Å². The second-order valence-electron chi connectivity index (χ2n) is 5.14. The van der Waals surface area contributed by atoms with Crippen LogP contribution < -0.4 is 4.72 Å². The number of nitrogens with one attached hydrogen (secondary N) is 1. The molecular weight excluding hydrogens is 289 g/mol. The Kier molecular flexibility index (Phi) is 4.18. The van der Waals surface area contributed by atoms with Gasteiger partial charge in [-0.3, -0.25) is 0 Å². The normalized spacial score (nSPS) is 18.7. The van der Waals surface area contributed by atoms with E-state index in [4.69, 9.17) is 11.6 Å². The van der Waals surface area contributed by atoms with Gasteiger partial charge in [-0.05, 0) is 43.5 Å². The van der Waals surface area contributed by atoms with E-state index in [-0.39, 0.29) is 10.8 Å². The molecule has 0 bridgehead atoms. The largest absolute Gasteiger partial charge is 0.241 e. The Hall–Kier alpha value is -0.650. The fraction of sp³-hybridized carbons (Fsp3) is 0.538. The average molecular weight is 306 g/mol. The summed E-state index contributed by atoms with van der Waals surface area (Å²) in [4.78, 5) is 0.116. The summed E-state index contributed by atoms with van der Waals surface area (Å²) in [5, 5.41) is 0. The van der Waals surface area contributed by atoms with Crippen molar-refractivity contribution < 1.29 is 12.8 Å². The smallest absolute Gasteiger partial charge is 0.207 e. The van der Waals surface area contributed by atoms with Crippen LogP contribution in [0.25, 0.3) is 0 Å². The lowest BCUT2D eigenvalue weighted by Gasteiger charge is -2.27. The number of benzene rings is 1. The van der Waals surface area contributed by atoms with Gasteiger partial charge in [-0.15, -0.1) is 11.6 Å². The van der Waals surface area contributed by atoms with Crippen LogP contribution in [-0.4, -0.2) is 19.8 Å². The monoisotopic (exact) mass is 305 g/mol. The van der Waals surface area contributed by atoms with Crippen molar-refractivity contribution in [2.45, 2.75) is 43.0 Å². The van der Waals surface area contributed by atoms with Crippen molar-refractivity contribution in [3.8, 4) is 0 Å². The minimum absolute atomic E-state index is 0.116. The minimum atomic E-state index is -3.66. The molecule has 1 N–H and O–H groups in total. The van der Waals surface area contributed by atoms with E-state index in [0.29, 0.717) is 5.56 Å². The summed E-state index contributed by atoms with van der Waals surface area (Å²) < 4.78 is 40.5. The van der Waals surface area contributed by atoms with Crippen LogP contribution in [-0.2, 0) is 10.0 Å². The first-order valence-electron chi connectivity index (χ1n) is 6.25. The second-order valence-corrected chi connectivity index (χ2v) is 7.05. The third-order valence-corrected chi connectivity index (χ3v) is 5.84. The SMILES string of the molecule is Cc1cc(F)ccc1S(=O)(=O)NC1(CCl)CCCC1. The van der Waals surface area contributed by atoms with E-state index < -0.39 is 21.4 Å². The Labute approximate surface area is 118 Å². The van der Waals surface area contributed by atoms with Crippen molar-refractivity contribution >= 4 is 21.6 Å². The summed E-state index contributed by atoms with van der Waals surface area (Å²) in [5.41, 5.74) is -0.156. The highest BCUT2D eigenvalue weighted by molar-refractivity contribution is 7.89. The number of alkyl halides is 1. The Morgan fingerprint density at radius 3 is 2.53 bits per heavy atom. The summed E-state index contributed by atoms with van der Waals surface area (Å²) in [6.45, 7) is 1.58. The Morgan fingerprint density at radius 1 is 1.37 bits per heavy atom. The first kappa shape index (κ1) is 14.8. The van der Waals surface area contributed by atoms with Crippen LogP contribution in [0.5, 0.6) is 0 Å². The van der Waals surface area contributed by atoms with Crippen LogP contribution in [0.1, 0.15) is 31.2 Å². The molecule has 0 amide bonds. The third kappa shape index (κ3) is 3.09. The maximum absolute atomic E-state index is 13.0. The average Bonchev–Trinajstić information content (AvgIpc) is 2.77. The zero-order valence-electron chi connectivity index (χ0n) is 10.7. The van der Waals surface area contributed by atoms with Gasteiger partial charge in [0.25, 0.3) is 0 Å². The lowest BCUT2D eigenvalue weighted by atomic mass is 10.0. The predicted octanol–water partition coefficient (Wildman–Crippen LogP) is 2.96. The molecule has 19 heavy (non-hydrogen) atoms. The highest BCUT2D eigenvalue weighted by atomic mass is 35.5. The number of hydrogen-bond donors (Lipinski definition) is 1. The third-order valence-electron chi connectivity index (χ3n) is 3.59. The maximum Gasteiger partial charge on any atom is 0.241 e. The molecule has 0 aromatic heterocycles. The van der Waals surface area contributed by atoms with Crippen LogP contribution in [0.3, 0.4) is 0 Å². The van der Waals surface area contributed by atoms with Gasteiger partial charge in [0.15, 0.2) is 0 Å². The molecule has 0 aliphatic heterocycles. The molecule has 6 heteroatoms. The molecule has 106 valence electrons. The van der Waals surface area contributed by atoms with Gasteiger partial charge in [-0.2, -0.15) is 0 Å². The molecule has 1 aromatic rings. The first-order chi connectivity index (χ1) is 8.88. The lowest BCUT2D eigenvalue weighted by molar-refractivity contribution is 0.432. The molecule has 1 fully saturated rings. The van der Waals surface area contributed by atoms with E-state index in [0.717, 1.165) is 31.7 Å². The summed E-state index contributed by atoms with van der Waals surface area (Å²) in [5.74, 6) is -0.184. The Balaban J connectivity index is 2.32. The molecule has 2 rings (SSSR count). The van der Waals surface area contributed by atoms with E-state index in [1.165, 1.54) is 12.1 Å². The van der Waals surface area contributed by atoms with E-state index in [2.05, 4.69) is 4.72 Å².